The van der Waals surface area contributed by atoms with Gasteiger partial charge in [0.1, 0.15) is 0 Å². The lowest BCUT2D eigenvalue weighted by atomic mass is 9.98. The van der Waals surface area contributed by atoms with Crippen LogP contribution in [0.2, 0.25) is 0 Å². The lowest BCUT2D eigenvalue weighted by molar-refractivity contribution is -0.117. The summed E-state index contributed by atoms with van der Waals surface area (Å²) in [5, 5.41) is 12.1. The van der Waals surface area contributed by atoms with E-state index in [0.29, 0.717) is 19.0 Å². The van der Waals surface area contributed by atoms with Crippen LogP contribution in [0.25, 0.3) is 0 Å². The maximum absolute atomic E-state index is 12.3. The molecule has 118 valence electrons. The number of aryl methyl sites for hydroxylation is 1. The third-order valence-corrected chi connectivity index (χ3v) is 3.51. The summed E-state index contributed by atoms with van der Waals surface area (Å²) in [4.78, 5) is 14.2. The Morgan fingerprint density at radius 3 is 2.62 bits per heavy atom. The van der Waals surface area contributed by atoms with Crippen LogP contribution in [0.3, 0.4) is 0 Å². The Bertz CT molecular complexity index is 452. The summed E-state index contributed by atoms with van der Waals surface area (Å²) in [6.07, 6.45) is 0.967. The zero-order valence-corrected chi connectivity index (χ0v) is 13.6. The molecule has 0 saturated heterocycles. The van der Waals surface area contributed by atoms with Gasteiger partial charge in [-0.3, -0.25) is 9.69 Å². The zero-order chi connectivity index (χ0) is 15.8. The van der Waals surface area contributed by atoms with Crippen LogP contribution >= 0.6 is 0 Å². The van der Waals surface area contributed by atoms with Gasteiger partial charge in [-0.25, -0.2) is 0 Å². The van der Waals surface area contributed by atoms with Gasteiger partial charge in [-0.05, 0) is 36.9 Å². The van der Waals surface area contributed by atoms with Crippen LogP contribution in [-0.2, 0) is 4.79 Å². The van der Waals surface area contributed by atoms with Gasteiger partial charge < -0.3 is 10.4 Å². The van der Waals surface area contributed by atoms with Crippen molar-refractivity contribution in [1.29, 1.82) is 0 Å². The molecule has 2 N–H and O–H groups in total. The Labute approximate surface area is 128 Å². The fourth-order valence-corrected chi connectivity index (χ4v) is 2.45. The molecule has 1 aromatic carbocycles. The minimum Gasteiger partial charge on any atom is -0.395 e. The second-order valence-corrected chi connectivity index (χ2v) is 5.74. The van der Waals surface area contributed by atoms with Crippen molar-refractivity contribution in [2.24, 2.45) is 0 Å². The average molecular weight is 292 g/mol. The van der Waals surface area contributed by atoms with E-state index in [1.807, 2.05) is 24.0 Å². The zero-order valence-electron chi connectivity index (χ0n) is 13.6. The van der Waals surface area contributed by atoms with Gasteiger partial charge in [-0.2, -0.15) is 0 Å². The highest BCUT2D eigenvalue weighted by Crippen LogP contribution is 2.27. The molecule has 0 spiro atoms. The molecule has 1 rings (SSSR count). The van der Waals surface area contributed by atoms with E-state index in [-0.39, 0.29) is 12.5 Å². The van der Waals surface area contributed by atoms with Gasteiger partial charge in [0.15, 0.2) is 0 Å². The number of benzene rings is 1. The predicted molar refractivity (Wildman–Crippen MR) is 87.7 cm³/mol. The first kappa shape index (κ1) is 17.7. The van der Waals surface area contributed by atoms with Crippen molar-refractivity contribution in [3.8, 4) is 0 Å². The van der Waals surface area contributed by atoms with Gasteiger partial charge in [0.25, 0.3) is 0 Å². The third kappa shape index (κ3) is 5.48. The van der Waals surface area contributed by atoms with Crippen LogP contribution in [0.4, 0.5) is 5.69 Å². The van der Waals surface area contributed by atoms with E-state index in [9.17, 15) is 4.79 Å². The average Bonchev–Trinajstić information content (AvgIpc) is 2.41. The first-order chi connectivity index (χ1) is 9.99. The maximum Gasteiger partial charge on any atom is 0.238 e. The molecule has 0 heterocycles. The van der Waals surface area contributed by atoms with Gasteiger partial charge in [0.2, 0.25) is 5.91 Å². The van der Waals surface area contributed by atoms with Gasteiger partial charge in [-0.15, -0.1) is 0 Å². The monoisotopic (exact) mass is 292 g/mol. The summed E-state index contributed by atoms with van der Waals surface area (Å²) in [6.45, 7) is 10.1. The Kier molecular flexibility index (Phi) is 7.40. The number of hydrogen-bond donors (Lipinski definition) is 2. The molecule has 4 nitrogen and oxygen atoms in total. The largest absolute Gasteiger partial charge is 0.395 e. The van der Waals surface area contributed by atoms with Crippen LogP contribution in [0, 0.1) is 6.92 Å². The van der Waals surface area contributed by atoms with Crippen molar-refractivity contribution in [3.63, 3.8) is 0 Å². The number of aliphatic hydroxyl groups is 1. The first-order valence-corrected chi connectivity index (χ1v) is 7.72. The molecule has 1 amide bonds. The number of aliphatic hydroxyl groups excluding tert-OH is 1. The van der Waals surface area contributed by atoms with Gasteiger partial charge in [0, 0.05) is 12.2 Å². The number of carbonyl (C=O) groups excluding carboxylic acids is 1. The summed E-state index contributed by atoms with van der Waals surface area (Å²) in [5.41, 5.74) is 3.17. The number of carbonyl (C=O) groups is 1. The van der Waals surface area contributed by atoms with Crippen LogP contribution in [-0.4, -0.2) is 42.2 Å². The van der Waals surface area contributed by atoms with Gasteiger partial charge >= 0.3 is 0 Å². The fraction of sp³-hybridized carbons (Fsp3) is 0.588. The van der Waals surface area contributed by atoms with E-state index in [1.165, 1.54) is 0 Å². The van der Waals surface area contributed by atoms with Crippen molar-refractivity contribution in [2.75, 3.05) is 31.6 Å². The number of hydrogen-bond acceptors (Lipinski definition) is 3. The van der Waals surface area contributed by atoms with Crippen LogP contribution < -0.4 is 5.32 Å². The highest BCUT2D eigenvalue weighted by molar-refractivity contribution is 5.93. The molecular formula is C17H28N2O2. The van der Waals surface area contributed by atoms with Crippen molar-refractivity contribution >= 4 is 11.6 Å². The van der Waals surface area contributed by atoms with Crippen LogP contribution in [0.15, 0.2) is 18.2 Å². The SMILES string of the molecule is CCCN(CCO)CC(=O)Nc1c(C)cccc1C(C)C. The maximum atomic E-state index is 12.3. The molecule has 1 aromatic rings. The normalized spacial score (nSPS) is 11.2. The number of nitrogens with one attached hydrogen (secondary N) is 1. The minimum absolute atomic E-state index is 0.0203. The molecule has 0 atom stereocenters. The Morgan fingerprint density at radius 2 is 2.05 bits per heavy atom. The lowest BCUT2D eigenvalue weighted by Crippen LogP contribution is -2.36. The molecule has 0 fully saturated rings. The molecule has 0 unspecified atom stereocenters. The molecule has 0 radical (unpaired) electrons. The van der Waals surface area contributed by atoms with Crippen LogP contribution in [0.1, 0.15) is 44.2 Å². The minimum atomic E-state index is -0.0203. The van der Waals surface area contributed by atoms with E-state index in [0.717, 1.165) is 29.8 Å². The van der Waals surface area contributed by atoms with E-state index >= 15 is 0 Å². The van der Waals surface area contributed by atoms with Crippen molar-refractivity contribution in [2.45, 2.75) is 40.0 Å². The summed E-state index contributed by atoms with van der Waals surface area (Å²) >= 11 is 0. The first-order valence-electron chi connectivity index (χ1n) is 7.72. The van der Waals surface area contributed by atoms with Gasteiger partial charge in [-0.1, -0.05) is 39.0 Å². The summed E-state index contributed by atoms with van der Waals surface area (Å²) in [6, 6.07) is 6.10. The highest BCUT2D eigenvalue weighted by atomic mass is 16.3. The van der Waals surface area contributed by atoms with Crippen molar-refractivity contribution in [3.05, 3.63) is 29.3 Å². The lowest BCUT2D eigenvalue weighted by Gasteiger charge is -2.21. The molecule has 0 bridgehead atoms. The second-order valence-electron chi connectivity index (χ2n) is 5.74. The number of anilines is 1. The highest BCUT2D eigenvalue weighted by Gasteiger charge is 2.14. The van der Waals surface area contributed by atoms with E-state index in [1.54, 1.807) is 0 Å². The number of para-hydroxylation sites is 1. The predicted octanol–water partition coefficient (Wildman–Crippen LogP) is 2.76. The molecule has 0 aliphatic heterocycles. The molecule has 0 aliphatic carbocycles. The molecule has 21 heavy (non-hydrogen) atoms. The Hall–Kier alpha value is -1.39. The number of rotatable bonds is 8. The summed E-state index contributed by atoms with van der Waals surface area (Å²) < 4.78 is 0. The second kappa shape index (κ2) is 8.80. The third-order valence-electron chi connectivity index (χ3n) is 3.51. The van der Waals surface area contributed by atoms with Crippen LogP contribution in [0.5, 0.6) is 0 Å². The fourth-order valence-electron chi connectivity index (χ4n) is 2.45. The standard InChI is InChI=1S/C17H28N2O2/c1-5-9-19(10-11-20)12-16(21)18-17-14(4)7-6-8-15(17)13(2)3/h6-8,13,20H,5,9-12H2,1-4H3,(H,18,21). The molecule has 0 aromatic heterocycles. The topological polar surface area (TPSA) is 52.6 Å². The Balaban J connectivity index is 2.78. The number of amides is 1. The quantitative estimate of drug-likeness (QED) is 0.774. The van der Waals surface area contributed by atoms with E-state index in [2.05, 4.69) is 32.2 Å². The van der Waals surface area contributed by atoms with E-state index in [4.69, 9.17) is 5.11 Å². The van der Waals surface area contributed by atoms with E-state index < -0.39 is 0 Å². The van der Waals surface area contributed by atoms with Crippen molar-refractivity contribution < 1.29 is 9.90 Å². The molecule has 0 saturated carbocycles. The molecular weight excluding hydrogens is 264 g/mol. The summed E-state index contributed by atoms with van der Waals surface area (Å²) in [5.74, 6) is 0.345. The van der Waals surface area contributed by atoms with Gasteiger partial charge in [0.05, 0.1) is 13.2 Å². The Morgan fingerprint density at radius 1 is 1.33 bits per heavy atom. The number of nitrogens with zero attached hydrogens (tertiary/aromatic N) is 1. The summed E-state index contributed by atoms with van der Waals surface area (Å²) in [7, 11) is 0. The molecule has 0 aliphatic rings. The van der Waals surface area contributed by atoms with Crippen molar-refractivity contribution in [1.82, 2.24) is 4.90 Å². The smallest absolute Gasteiger partial charge is 0.238 e. The molecule has 4 heteroatoms.